The van der Waals surface area contributed by atoms with Crippen LogP contribution in [0.2, 0.25) is 0 Å². The summed E-state index contributed by atoms with van der Waals surface area (Å²) < 4.78 is 0. The van der Waals surface area contributed by atoms with E-state index in [0.29, 0.717) is 5.92 Å². The van der Waals surface area contributed by atoms with E-state index in [0.717, 1.165) is 31.4 Å². The van der Waals surface area contributed by atoms with E-state index in [9.17, 15) is 14.9 Å². The van der Waals surface area contributed by atoms with Crippen molar-refractivity contribution in [3.05, 3.63) is 34.8 Å². The highest BCUT2D eigenvalue weighted by Crippen LogP contribution is 2.28. The second-order valence-corrected chi connectivity index (χ2v) is 6.84. The summed E-state index contributed by atoms with van der Waals surface area (Å²) in [7, 11) is 0. The van der Waals surface area contributed by atoms with Crippen molar-refractivity contribution >= 4 is 11.6 Å². The van der Waals surface area contributed by atoms with E-state index in [1.54, 1.807) is 0 Å². The molecule has 1 fully saturated rings. The normalized spacial score (nSPS) is 23.0. The van der Waals surface area contributed by atoms with Crippen molar-refractivity contribution in [2.75, 3.05) is 0 Å². The molecule has 3 aliphatic carbocycles. The van der Waals surface area contributed by atoms with E-state index in [2.05, 4.69) is 16.7 Å². The molecular weight excluding hydrogens is 302 g/mol. The van der Waals surface area contributed by atoms with Gasteiger partial charge in [0.1, 0.15) is 11.8 Å². The Morgan fingerprint density at radius 1 is 1.21 bits per heavy atom. The number of rotatable bonds is 5. The van der Waals surface area contributed by atoms with Crippen molar-refractivity contribution in [3.8, 4) is 6.07 Å². The summed E-state index contributed by atoms with van der Waals surface area (Å²) in [5.74, 6) is -0.697. The molecule has 126 valence electrons. The van der Waals surface area contributed by atoms with Gasteiger partial charge < -0.3 is 10.6 Å². The van der Waals surface area contributed by atoms with Crippen LogP contribution in [0.25, 0.3) is 0 Å². The first-order chi connectivity index (χ1) is 11.6. The number of carbonyl (C=O) groups excluding carboxylic acids is 2. The van der Waals surface area contributed by atoms with Crippen LogP contribution in [0.3, 0.4) is 0 Å². The molecule has 3 aliphatic rings. The average molecular weight is 325 g/mol. The zero-order chi connectivity index (χ0) is 17.1. The van der Waals surface area contributed by atoms with E-state index >= 15 is 0 Å². The molecule has 1 atom stereocenters. The predicted octanol–water partition coefficient (Wildman–Crippen LogP) is 2.63. The molecule has 0 aliphatic heterocycles. The molecule has 0 aromatic heterocycles. The maximum atomic E-state index is 12.5. The molecule has 0 saturated heterocycles. The van der Waals surface area contributed by atoms with Crippen LogP contribution in [0.5, 0.6) is 0 Å². The first-order valence-corrected chi connectivity index (χ1v) is 8.78. The van der Waals surface area contributed by atoms with Gasteiger partial charge in [-0.1, -0.05) is 25.3 Å². The van der Waals surface area contributed by atoms with E-state index in [-0.39, 0.29) is 23.0 Å². The molecule has 0 aromatic carbocycles. The monoisotopic (exact) mass is 325 g/mol. The number of Topliss-reactive ketones (excluding diaryl/α,β-unsaturated/α-hetero) is 2. The van der Waals surface area contributed by atoms with Gasteiger partial charge in [-0.15, -0.1) is 0 Å². The minimum atomic E-state index is -0.612. The highest BCUT2D eigenvalue weighted by molar-refractivity contribution is 6.50. The third kappa shape index (κ3) is 3.28. The highest BCUT2D eigenvalue weighted by atomic mass is 16.2. The molecule has 5 heteroatoms. The quantitative estimate of drug-likeness (QED) is 0.600. The van der Waals surface area contributed by atoms with Gasteiger partial charge in [0.2, 0.25) is 0 Å². The van der Waals surface area contributed by atoms with Crippen LogP contribution < -0.4 is 10.6 Å². The molecule has 2 N–H and O–H groups in total. The molecule has 1 saturated carbocycles. The number of nitriles is 1. The molecule has 0 amide bonds. The number of nitrogens with zero attached hydrogens (tertiary/aromatic N) is 1. The van der Waals surface area contributed by atoms with E-state index in [1.165, 1.54) is 25.3 Å². The predicted molar refractivity (Wildman–Crippen MR) is 90.4 cm³/mol. The molecule has 0 spiro atoms. The van der Waals surface area contributed by atoms with Gasteiger partial charge in [-0.2, -0.15) is 5.26 Å². The summed E-state index contributed by atoms with van der Waals surface area (Å²) >= 11 is 0. The maximum absolute atomic E-state index is 12.5. The number of allylic oxidation sites excluding steroid dienone is 6. The third-order valence-corrected chi connectivity index (χ3v) is 5.18. The minimum absolute atomic E-state index is 0.0812. The molecule has 5 nitrogen and oxygen atoms in total. The Balaban J connectivity index is 1.79. The van der Waals surface area contributed by atoms with Gasteiger partial charge in [0.05, 0.1) is 11.3 Å². The summed E-state index contributed by atoms with van der Waals surface area (Å²) in [6.45, 7) is 2.03. The van der Waals surface area contributed by atoms with Crippen LogP contribution in [0.15, 0.2) is 34.8 Å². The first-order valence-electron chi connectivity index (χ1n) is 8.78. The lowest BCUT2D eigenvalue weighted by Crippen LogP contribution is -2.41. The summed E-state index contributed by atoms with van der Waals surface area (Å²) in [5, 5.41) is 15.6. The Labute approximate surface area is 142 Å². The van der Waals surface area contributed by atoms with Crippen molar-refractivity contribution in [1.29, 1.82) is 5.26 Å². The number of carbonyl (C=O) groups is 2. The van der Waals surface area contributed by atoms with Crippen molar-refractivity contribution in [2.24, 2.45) is 5.92 Å². The van der Waals surface area contributed by atoms with E-state index in [4.69, 9.17) is 0 Å². The third-order valence-electron chi connectivity index (χ3n) is 5.18. The van der Waals surface area contributed by atoms with E-state index < -0.39 is 11.6 Å². The summed E-state index contributed by atoms with van der Waals surface area (Å²) in [4.78, 5) is 24.8. The Morgan fingerprint density at radius 3 is 2.50 bits per heavy atom. The molecule has 3 rings (SSSR count). The topological polar surface area (TPSA) is 82.0 Å². The lowest BCUT2D eigenvalue weighted by Gasteiger charge is -2.30. The molecule has 1 unspecified atom stereocenters. The highest BCUT2D eigenvalue weighted by Gasteiger charge is 2.33. The van der Waals surface area contributed by atoms with Gasteiger partial charge in [-0.05, 0) is 44.6 Å². The lowest BCUT2D eigenvalue weighted by atomic mass is 9.84. The molecular formula is C19H23N3O2. The zero-order valence-corrected chi connectivity index (χ0v) is 14.0. The first kappa shape index (κ1) is 16.5. The fraction of sp³-hybridized carbons (Fsp3) is 0.526. The second kappa shape index (κ2) is 7.04. The second-order valence-electron chi connectivity index (χ2n) is 6.84. The van der Waals surface area contributed by atoms with Gasteiger partial charge in [-0.3, -0.25) is 9.59 Å². The van der Waals surface area contributed by atoms with Crippen molar-refractivity contribution in [2.45, 2.75) is 57.9 Å². The fourth-order valence-corrected chi connectivity index (χ4v) is 3.52. The average Bonchev–Trinajstić information content (AvgIpc) is 2.57. The van der Waals surface area contributed by atoms with Gasteiger partial charge in [0, 0.05) is 11.7 Å². The molecule has 0 aromatic rings. The molecule has 0 radical (unpaired) electrons. The van der Waals surface area contributed by atoms with Crippen LogP contribution >= 0.6 is 0 Å². The van der Waals surface area contributed by atoms with E-state index in [1.807, 2.05) is 13.0 Å². The Bertz CT molecular complexity index is 688. The molecule has 0 bridgehead atoms. The number of hydrogen-bond donors (Lipinski definition) is 2. The maximum Gasteiger partial charge on any atom is 0.252 e. The Morgan fingerprint density at radius 2 is 1.92 bits per heavy atom. The van der Waals surface area contributed by atoms with Gasteiger partial charge in [-0.25, -0.2) is 0 Å². The SMILES string of the molecule is CC(NC1=C(C#N)C=C(NC2=CCC2)C(=O)C1=O)C1CCCCC1. The van der Waals surface area contributed by atoms with Crippen LogP contribution in [0.1, 0.15) is 51.9 Å². The standard InChI is InChI=1S/C19H23N3O2/c1-12(13-6-3-2-4-7-13)21-17-14(11-20)10-16(18(23)19(17)24)22-15-8-5-9-15/h8,10,12-13,21-22H,2-7,9H2,1H3. The Kier molecular flexibility index (Phi) is 4.84. The van der Waals surface area contributed by atoms with Gasteiger partial charge in [0.15, 0.2) is 0 Å². The number of nitrogens with one attached hydrogen (secondary N) is 2. The van der Waals surface area contributed by atoms with Crippen LogP contribution in [0, 0.1) is 17.2 Å². The van der Waals surface area contributed by atoms with Crippen LogP contribution in [-0.4, -0.2) is 17.6 Å². The fourth-order valence-electron chi connectivity index (χ4n) is 3.52. The molecule has 0 heterocycles. The van der Waals surface area contributed by atoms with Gasteiger partial charge >= 0.3 is 0 Å². The van der Waals surface area contributed by atoms with Gasteiger partial charge in [0.25, 0.3) is 11.6 Å². The summed E-state index contributed by atoms with van der Waals surface area (Å²) in [6.07, 6.45) is 11.3. The van der Waals surface area contributed by atoms with Crippen molar-refractivity contribution < 1.29 is 9.59 Å². The molecule has 24 heavy (non-hydrogen) atoms. The van der Waals surface area contributed by atoms with Crippen molar-refractivity contribution in [3.63, 3.8) is 0 Å². The van der Waals surface area contributed by atoms with Crippen LogP contribution in [0.4, 0.5) is 0 Å². The minimum Gasteiger partial charge on any atom is -0.378 e. The van der Waals surface area contributed by atoms with Crippen molar-refractivity contribution in [1.82, 2.24) is 10.6 Å². The summed E-state index contributed by atoms with van der Waals surface area (Å²) in [5.41, 5.74) is 1.54. The van der Waals surface area contributed by atoms with Crippen LogP contribution in [-0.2, 0) is 9.59 Å². The smallest absolute Gasteiger partial charge is 0.252 e. The number of hydrogen-bond acceptors (Lipinski definition) is 5. The number of ketones is 2. The lowest BCUT2D eigenvalue weighted by molar-refractivity contribution is -0.132. The summed E-state index contributed by atoms with van der Waals surface area (Å²) in [6, 6.07) is 2.14. The Hall–Kier alpha value is -2.35. The zero-order valence-electron chi connectivity index (χ0n) is 14.0. The largest absolute Gasteiger partial charge is 0.378 e.